The summed E-state index contributed by atoms with van der Waals surface area (Å²) in [4.78, 5) is 2.31. The van der Waals surface area contributed by atoms with E-state index in [1.165, 1.54) is 11.1 Å². The second kappa shape index (κ2) is 7.95. The Morgan fingerprint density at radius 1 is 1.19 bits per heavy atom. The lowest BCUT2D eigenvalue weighted by Gasteiger charge is -2.41. The first-order chi connectivity index (χ1) is 9.78. The van der Waals surface area contributed by atoms with E-state index in [4.69, 9.17) is 0 Å². The van der Waals surface area contributed by atoms with Gasteiger partial charge in [0.2, 0.25) is 0 Å². The summed E-state index contributed by atoms with van der Waals surface area (Å²) in [6.45, 7) is 12.5. The first kappa shape index (κ1) is 18.2. The third-order valence-corrected chi connectivity index (χ3v) is 4.39. The van der Waals surface area contributed by atoms with E-state index in [1.54, 1.807) is 0 Å². The van der Waals surface area contributed by atoms with Crippen molar-refractivity contribution in [1.29, 1.82) is 0 Å². The fourth-order valence-electron chi connectivity index (χ4n) is 2.69. The number of hydrogen-bond acceptors (Lipinski definition) is 2. The second-order valence-corrected chi connectivity index (χ2v) is 7.28. The standard InChI is InChI=1S/C19H34N2/c1-8-12-20-18(19(4,5)21(6)7)17-11-9-10-16(14-17)13-15(2)3/h9-11,14-15,18,20H,8,12-13H2,1-7H3. The molecule has 0 amide bonds. The van der Waals surface area contributed by atoms with Crippen molar-refractivity contribution in [2.75, 3.05) is 20.6 Å². The van der Waals surface area contributed by atoms with Crippen molar-refractivity contribution in [3.8, 4) is 0 Å². The van der Waals surface area contributed by atoms with Crippen molar-refractivity contribution >= 4 is 0 Å². The number of nitrogens with one attached hydrogen (secondary N) is 1. The highest BCUT2D eigenvalue weighted by atomic mass is 15.2. The summed E-state index contributed by atoms with van der Waals surface area (Å²) in [5.41, 5.74) is 2.92. The van der Waals surface area contributed by atoms with Gasteiger partial charge in [-0.15, -0.1) is 0 Å². The lowest BCUT2D eigenvalue weighted by Crippen LogP contribution is -2.49. The molecule has 1 aromatic carbocycles. The Morgan fingerprint density at radius 3 is 2.38 bits per heavy atom. The Hall–Kier alpha value is -0.860. The van der Waals surface area contributed by atoms with Gasteiger partial charge in [0, 0.05) is 5.54 Å². The Morgan fingerprint density at radius 2 is 1.86 bits per heavy atom. The van der Waals surface area contributed by atoms with Crippen LogP contribution in [0.1, 0.15) is 58.2 Å². The van der Waals surface area contributed by atoms with Crippen LogP contribution in [0.4, 0.5) is 0 Å². The van der Waals surface area contributed by atoms with Gasteiger partial charge in [0.05, 0.1) is 6.04 Å². The molecule has 0 aromatic heterocycles. The van der Waals surface area contributed by atoms with Gasteiger partial charge in [0.1, 0.15) is 0 Å². The van der Waals surface area contributed by atoms with Gasteiger partial charge in [0.15, 0.2) is 0 Å². The Bertz CT molecular complexity index is 421. The third kappa shape index (κ3) is 5.12. The number of hydrogen-bond donors (Lipinski definition) is 1. The SMILES string of the molecule is CCCNC(c1cccc(CC(C)C)c1)C(C)(C)N(C)C. The van der Waals surface area contributed by atoms with Crippen LogP contribution in [-0.2, 0) is 6.42 Å². The van der Waals surface area contributed by atoms with Gasteiger partial charge in [-0.3, -0.25) is 0 Å². The molecule has 0 aliphatic heterocycles. The molecule has 1 atom stereocenters. The maximum absolute atomic E-state index is 3.75. The molecule has 0 radical (unpaired) electrons. The molecule has 0 aliphatic rings. The molecular formula is C19H34N2. The van der Waals surface area contributed by atoms with Crippen molar-refractivity contribution < 1.29 is 0 Å². The minimum Gasteiger partial charge on any atom is -0.308 e. The quantitative estimate of drug-likeness (QED) is 0.769. The van der Waals surface area contributed by atoms with Crippen LogP contribution in [0.5, 0.6) is 0 Å². The lowest BCUT2D eigenvalue weighted by molar-refractivity contribution is 0.138. The van der Waals surface area contributed by atoms with Gasteiger partial charge in [0.25, 0.3) is 0 Å². The van der Waals surface area contributed by atoms with E-state index in [9.17, 15) is 0 Å². The highest BCUT2D eigenvalue weighted by Crippen LogP contribution is 2.30. The van der Waals surface area contributed by atoms with Gasteiger partial charge in [-0.2, -0.15) is 0 Å². The molecule has 0 aliphatic carbocycles. The minimum atomic E-state index is 0.0750. The molecule has 2 nitrogen and oxygen atoms in total. The largest absolute Gasteiger partial charge is 0.308 e. The van der Waals surface area contributed by atoms with E-state index >= 15 is 0 Å². The summed E-state index contributed by atoms with van der Waals surface area (Å²) >= 11 is 0. The van der Waals surface area contributed by atoms with E-state index in [2.05, 4.69) is 83.2 Å². The second-order valence-electron chi connectivity index (χ2n) is 7.28. The molecular weight excluding hydrogens is 256 g/mol. The summed E-state index contributed by atoms with van der Waals surface area (Å²) in [6.07, 6.45) is 2.31. The zero-order valence-electron chi connectivity index (χ0n) is 15.0. The van der Waals surface area contributed by atoms with Crippen molar-refractivity contribution in [3.63, 3.8) is 0 Å². The van der Waals surface area contributed by atoms with Gasteiger partial charge in [-0.25, -0.2) is 0 Å². The smallest absolute Gasteiger partial charge is 0.0501 e. The first-order valence-corrected chi connectivity index (χ1v) is 8.28. The van der Waals surface area contributed by atoms with Gasteiger partial charge < -0.3 is 10.2 Å². The maximum Gasteiger partial charge on any atom is 0.0501 e. The number of rotatable bonds is 8. The summed E-state index contributed by atoms with van der Waals surface area (Å²) in [6, 6.07) is 9.46. The van der Waals surface area contributed by atoms with Crippen LogP contribution in [0, 0.1) is 5.92 Å². The summed E-state index contributed by atoms with van der Waals surface area (Å²) in [5, 5.41) is 3.75. The molecule has 1 unspecified atom stereocenters. The molecule has 1 rings (SSSR count). The van der Waals surface area contributed by atoms with Crippen LogP contribution in [0.3, 0.4) is 0 Å². The van der Waals surface area contributed by atoms with Crippen molar-refractivity contribution in [2.45, 2.75) is 59.0 Å². The molecule has 0 fully saturated rings. The van der Waals surface area contributed by atoms with Crippen LogP contribution in [0.2, 0.25) is 0 Å². The predicted molar refractivity (Wildman–Crippen MR) is 93.8 cm³/mol. The van der Waals surface area contributed by atoms with Crippen molar-refractivity contribution in [1.82, 2.24) is 10.2 Å². The topological polar surface area (TPSA) is 15.3 Å². The average molecular weight is 290 g/mol. The van der Waals surface area contributed by atoms with Crippen molar-refractivity contribution in [2.24, 2.45) is 5.92 Å². The lowest BCUT2D eigenvalue weighted by atomic mass is 9.86. The summed E-state index contributed by atoms with van der Waals surface area (Å²) in [5.74, 6) is 0.698. The van der Waals surface area contributed by atoms with Crippen LogP contribution in [0.25, 0.3) is 0 Å². The molecule has 0 saturated carbocycles. The fourth-order valence-corrected chi connectivity index (χ4v) is 2.69. The van der Waals surface area contributed by atoms with Crippen molar-refractivity contribution in [3.05, 3.63) is 35.4 Å². The molecule has 120 valence electrons. The van der Waals surface area contributed by atoms with Gasteiger partial charge >= 0.3 is 0 Å². The van der Waals surface area contributed by atoms with Crippen LogP contribution < -0.4 is 5.32 Å². The molecule has 2 heteroatoms. The van der Waals surface area contributed by atoms with E-state index < -0.39 is 0 Å². The minimum absolute atomic E-state index is 0.0750. The molecule has 0 heterocycles. The maximum atomic E-state index is 3.75. The first-order valence-electron chi connectivity index (χ1n) is 8.28. The summed E-state index contributed by atoms with van der Waals surface area (Å²) in [7, 11) is 4.33. The average Bonchev–Trinajstić information content (AvgIpc) is 2.38. The van der Waals surface area contributed by atoms with Gasteiger partial charge in [-0.1, -0.05) is 45.0 Å². The molecule has 0 saturated heterocycles. The normalized spacial score (nSPS) is 14.0. The monoisotopic (exact) mass is 290 g/mol. The molecule has 0 spiro atoms. The Labute approximate surface area is 131 Å². The predicted octanol–water partition coefficient (Wildman–Crippen LogP) is 4.27. The van der Waals surface area contributed by atoms with Crippen LogP contribution in [0.15, 0.2) is 24.3 Å². The molecule has 1 N–H and O–H groups in total. The van der Waals surface area contributed by atoms with E-state index in [-0.39, 0.29) is 5.54 Å². The van der Waals surface area contributed by atoms with E-state index in [0.717, 1.165) is 19.4 Å². The number of likely N-dealkylation sites (N-methyl/N-ethyl adjacent to an activating group) is 1. The fraction of sp³-hybridized carbons (Fsp3) is 0.684. The Kier molecular flexibility index (Phi) is 6.89. The highest BCUT2D eigenvalue weighted by Gasteiger charge is 2.32. The zero-order valence-corrected chi connectivity index (χ0v) is 15.0. The van der Waals surface area contributed by atoms with Gasteiger partial charge in [-0.05, 0) is 64.4 Å². The van der Waals surface area contributed by atoms with Crippen LogP contribution >= 0.6 is 0 Å². The third-order valence-electron chi connectivity index (χ3n) is 4.39. The number of nitrogens with zero attached hydrogens (tertiary/aromatic N) is 1. The van der Waals surface area contributed by atoms with E-state index in [1.807, 2.05) is 0 Å². The van der Waals surface area contributed by atoms with Crippen LogP contribution in [-0.4, -0.2) is 31.1 Å². The Balaban J connectivity index is 3.08. The molecule has 1 aromatic rings. The zero-order chi connectivity index (χ0) is 16.0. The van der Waals surface area contributed by atoms with E-state index in [0.29, 0.717) is 12.0 Å². The molecule has 0 bridgehead atoms. The number of benzene rings is 1. The highest BCUT2D eigenvalue weighted by molar-refractivity contribution is 5.28. The summed E-state index contributed by atoms with van der Waals surface area (Å²) < 4.78 is 0. The molecule has 21 heavy (non-hydrogen) atoms.